The number of nitrogens with zero attached hydrogens (tertiary/aromatic N) is 7. The summed E-state index contributed by atoms with van der Waals surface area (Å²) in [5.41, 5.74) is 3.96. The fourth-order valence-corrected chi connectivity index (χ4v) is 10.3. The number of anilines is 2. The van der Waals surface area contributed by atoms with Gasteiger partial charge in [-0.05, 0) is 74.7 Å². The molecule has 10 rings (SSSR count). The summed E-state index contributed by atoms with van der Waals surface area (Å²) in [5, 5.41) is 14.7. The fraction of sp³-hybridized carbons (Fsp3) is 0.356. The Kier molecular flexibility index (Phi) is 10.5. The number of amides is 6. The first kappa shape index (κ1) is 41.4. The molecule has 17 nitrogen and oxygen atoms in total. The minimum Gasteiger partial charge on any atom is -0.486 e. The smallest absolute Gasteiger partial charge is 0.262 e. The van der Waals surface area contributed by atoms with E-state index in [1.807, 2.05) is 48.4 Å². The summed E-state index contributed by atoms with van der Waals surface area (Å²) in [5.74, 6) is -0.960. The van der Waals surface area contributed by atoms with Gasteiger partial charge in [0.05, 0.1) is 33.2 Å². The maximum absolute atomic E-state index is 13.5. The van der Waals surface area contributed by atoms with Gasteiger partial charge in [0.25, 0.3) is 11.8 Å². The van der Waals surface area contributed by atoms with Crippen molar-refractivity contribution in [2.24, 2.45) is 11.3 Å². The van der Waals surface area contributed by atoms with Crippen LogP contribution in [0.1, 0.15) is 65.0 Å². The van der Waals surface area contributed by atoms with E-state index in [0.29, 0.717) is 66.1 Å². The first-order chi connectivity index (χ1) is 30.8. The Bertz CT molecular complexity index is 2740. The Labute approximate surface area is 376 Å². The van der Waals surface area contributed by atoms with Crippen LogP contribution in [0.5, 0.6) is 5.75 Å². The average Bonchev–Trinajstić information content (AvgIpc) is 3.78. The normalized spacial score (nSPS) is 20.0. The number of halogens is 2. The second-order valence-corrected chi connectivity index (χ2v) is 18.0. The van der Waals surface area contributed by atoms with Gasteiger partial charge in [-0.2, -0.15) is 5.10 Å². The number of benzene rings is 2. The number of aromatic nitrogens is 4. The lowest BCUT2D eigenvalue weighted by molar-refractivity contribution is -0.152. The molecule has 0 saturated carbocycles. The van der Waals surface area contributed by atoms with Crippen LogP contribution >= 0.6 is 23.2 Å². The zero-order valence-electron chi connectivity index (χ0n) is 34.6. The molecule has 0 bridgehead atoms. The first-order valence-electron chi connectivity index (χ1n) is 21.2. The number of fused-ring (bicyclic) bond motifs is 2. The fourth-order valence-electron chi connectivity index (χ4n) is 9.62. The molecule has 5 aliphatic heterocycles. The quantitative estimate of drug-likeness (QED) is 0.161. The van der Waals surface area contributed by atoms with Gasteiger partial charge in [0, 0.05) is 97.8 Å². The summed E-state index contributed by atoms with van der Waals surface area (Å²) in [6, 6.07) is 13.3. The standard InChI is InChI=1S/C45H42Cl2N10O7/c1-24(39-32(46)17-48-18-33(39)47)64-28-4-6-34-31(15-28)40(53-52-34)26-2-8-36(50-16-26)55-20-45(21-55)22-56(23-45)42(61)25-10-12-54(13-11-25)38(59)19-49-27-3-5-29-30(14-27)44(63)57(43(29)62)35-7-9-37(58)51-41(35)60/h2-6,8,14-18,24-25,35,49H,7,9-13,19-23H2,1H3,(H,52,53)(H,51,58,60)/t24-,35?/m1/s1. The van der Waals surface area contributed by atoms with E-state index in [9.17, 15) is 28.8 Å². The second-order valence-electron chi connectivity index (χ2n) is 17.2. The van der Waals surface area contributed by atoms with E-state index in [4.69, 9.17) is 32.9 Å². The number of nitrogens with one attached hydrogen (secondary N) is 3. The molecule has 328 valence electrons. The number of hydrogen-bond acceptors (Lipinski definition) is 12. The van der Waals surface area contributed by atoms with Gasteiger partial charge in [0.15, 0.2) is 0 Å². The van der Waals surface area contributed by atoms with E-state index in [-0.39, 0.29) is 53.7 Å². The first-order valence-corrected chi connectivity index (χ1v) is 21.9. The maximum Gasteiger partial charge on any atom is 0.262 e. The predicted molar refractivity (Wildman–Crippen MR) is 235 cm³/mol. The van der Waals surface area contributed by atoms with Crippen molar-refractivity contribution in [1.29, 1.82) is 0 Å². The molecule has 4 fully saturated rings. The molecular weight excluding hydrogens is 863 g/mol. The molecule has 4 saturated heterocycles. The number of pyridine rings is 2. The number of imide groups is 2. The van der Waals surface area contributed by atoms with Gasteiger partial charge in [-0.25, -0.2) is 4.98 Å². The monoisotopic (exact) mass is 904 g/mol. The third-order valence-electron chi connectivity index (χ3n) is 13.0. The van der Waals surface area contributed by atoms with Crippen molar-refractivity contribution >= 4 is 81.1 Å². The Morgan fingerprint density at radius 2 is 1.64 bits per heavy atom. The number of ether oxygens (including phenoxy) is 1. The Hall–Kier alpha value is -6.59. The van der Waals surface area contributed by atoms with E-state index in [1.165, 1.54) is 12.1 Å². The van der Waals surface area contributed by atoms with Crippen LogP contribution in [0.4, 0.5) is 11.5 Å². The van der Waals surface area contributed by atoms with Gasteiger partial charge in [0.2, 0.25) is 23.6 Å². The van der Waals surface area contributed by atoms with Crippen LogP contribution < -0.4 is 20.3 Å². The molecule has 64 heavy (non-hydrogen) atoms. The summed E-state index contributed by atoms with van der Waals surface area (Å²) in [6.07, 6.45) is 5.76. The van der Waals surface area contributed by atoms with E-state index >= 15 is 0 Å². The summed E-state index contributed by atoms with van der Waals surface area (Å²) < 4.78 is 6.23. The van der Waals surface area contributed by atoms with E-state index in [0.717, 1.165) is 46.0 Å². The van der Waals surface area contributed by atoms with E-state index < -0.39 is 35.8 Å². The number of carbonyl (C=O) groups excluding carboxylic acids is 6. The number of rotatable bonds is 10. The van der Waals surface area contributed by atoms with Crippen LogP contribution in [-0.2, 0) is 19.2 Å². The highest BCUT2D eigenvalue weighted by molar-refractivity contribution is 6.35. The van der Waals surface area contributed by atoms with Gasteiger partial charge < -0.3 is 24.8 Å². The largest absolute Gasteiger partial charge is 0.486 e. The van der Waals surface area contributed by atoms with Crippen molar-refractivity contribution in [2.75, 3.05) is 56.0 Å². The van der Waals surface area contributed by atoms with Crippen molar-refractivity contribution in [3.05, 3.63) is 93.9 Å². The summed E-state index contributed by atoms with van der Waals surface area (Å²) in [7, 11) is 0. The second kappa shape index (κ2) is 16.2. The maximum atomic E-state index is 13.5. The predicted octanol–water partition coefficient (Wildman–Crippen LogP) is 4.87. The number of H-pyrrole nitrogens is 1. The third-order valence-corrected chi connectivity index (χ3v) is 13.6. The SMILES string of the molecule is C[C@@H](Oc1ccc2[nH]nc(-c3ccc(N4CC5(CN(C(=O)C6CCN(C(=O)CNc7ccc8c(c7)C(=O)N(C7CCC(=O)NC7=O)C8=O)CC6)C5)C4)nc3)c2c1)c1c(Cl)cncc1Cl. The van der Waals surface area contributed by atoms with Gasteiger partial charge in [-0.1, -0.05) is 23.2 Å². The van der Waals surface area contributed by atoms with Crippen LogP contribution in [0.2, 0.25) is 10.0 Å². The summed E-state index contributed by atoms with van der Waals surface area (Å²) >= 11 is 12.7. The van der Waals surface area contributed by atoms with Gasteiger partial charge in [-0.15, -0.1) is 0 Å². The average molecular weight is 906 g/mol. The van der Waals surface area contributed by atoms with Gasteiger partial charge in [0.1, 0.15) is 29.4 Å². The topological polar surface area (TPSA) is 203 Å². The Morgan fingerprint density at radius 3 is 2.36 bits per heavy atom. The molecule has 1 unspecified atom stereocenters. The highest BCUT2D eigenvalue weighted by Crippen LogP contribution is 2.43. The van der Waals surface area contributed by atoms with Crippen molar-refractivity contribution in [3.8, 4) is 17.0 Å². The third kappa shape index (κ3) is 7.45. The van der Waals surface area contributed by atoms with Crippen LogP contribution in [0.15, 0.2) is 67.1 Å². The molecule has 8 heterocycles. The minimum atomic E-state index is -1.05. The molecule has 2 atom stereocenters. The van der Waals surface area contributed by atoms with Crippen LogP contribution in [0.25, 0.3) is 22.2 Å². The van der Waals surface area contributed by atoms with Crippen molar-refractivity contribution in [1.82, 2.24) is 40.2 Å². The van der Waals surface area contributed by atoms with Crippen LogP contribution in [0, 0.1) is 11.3 Å². The van der Waals surface area contributed by atoms with Crippen LogP contribution in [0.3, 0.4) is 0 Å². The molecule has 19 heteroatoms. The number of likely N-dealkylation sites (tertiary alicyclic amines) is 2. The lowest BCUT2D eigenvalue weighted by Crippen LogP contribution is -2.73. The van der Waals surface area contributed by atoms with Gasteiger partial charge >= 0.3 is 0 Å². The van der Waals surface area contributed by atoms with Gasteiger partial charge in [-0.3, -0.25) is 49.1 Å². The van der Waals surface area contributed by atoms with Crippen molar-refractivity contribution in [2.45, 2.75) is 44.8 Å². The molecule has 0 radical (unpaired) electrons. The molecule has 6 amide bonds. The number of aromatic amines is 1. The zero-order chi connectivity index (χ0) is 44.4. The highest BCUT2D eigenvalue weighted by Gasteiger charge is 2.54. The van der Waals surface area contributed by atoms with Crippen molar-refractivity contribution < 1.29 is 33.5 Å². The Balaban J connectivity index is 0.675. The summed E-state index contributed by atoms with van der Waals surface area (Å²) in [4.78, 5) is 92.5. The molecule has 3 aromatic heterocycles. The van der Waals surface area contributed by atoms with Crippen LogP contribution in [-0.4, -0.2) is 122 Å². The highest BCUT2D eigenvalue weighted by atomic mass is 35.5. The molecule has 0 aliphatic carbocycles. The summed E-state index contributed by atoms with van der Waals surface area (Å²) in [6.45, 7) is 5.79. The van der Waals surface area contributed by atoms with E-state index in [1.54, 1.807) is 23.4 Å². The van der Waals surface area contributed by atoms with Crippen molar-refractivity contribution in [3.63, 3.8) is 0 Å². The molecule has 2 aromatic carbocycles. The number of carbonyl (C=O) groups is 6. The van der Waals surface area contributed by atoms with E-state index in [2.05, 4.69) is 30.7 Å². The molecule has 5 aliphatic rings. The zero-order valence-corrected chi connectivity index (χ0v) is 36.1. The lowest BCUT2D eigenvalue weighted by atomic mass is 9.72. The molecule has 5 aromatic rings. The molecule has 1 spiro atoms. The lowest BCUT2D eigenvalue weighted by Gasteiger charge is -2.61. The number of piperidine rings is 2. The molecule has 3 N–H and O–H groups in total. The minimum absolute atomic E-state index is 0.0322. The Morgan fingerprint density at radius 1 is 0.891 bits per heavy atom. The molecular formula is C45H42Cl2N10O7. The number of hydrogen-bond donors (Lipinski definition) is 3.